The van der Waals surface area contributed by atoms with Crippen molar-refractivity contribution in [3.05, 3.63) is 87.3 Å². The van der Waals surface area contributed by atoms with Crippen LogP contribution in [-0.4, -0.2) is 17.7 Å². The van der Waals surface area contributed by atoms with Gasteiger partial charge >= 0.3 is 0 Å². The van der Waals surface area contributed by atoms with Gasteiger partial charge in [-0.05, 0) is 42.8 Å². The van der Waals surface area contributed by atoms with Crippen LogP contribution in [0, 0.1) is 6.92 Å². The van der Waals surface area contributed by atoms with Crippen LogP contribution in [0.15, 0.2) is 60.7 Å². The van der Waals surface area contributed by atoms with E-state index in [1.807, 2.05) is 0 Å². The van der Waals surface area contributed by atoms with Crippen molar-refractivity contribution in [2.75, 3.05) is 5.32 Å². The van der Waals surface area contributed by atoms with E-state index in [1.165, 1.54) is 0 Å². The van der Waals surface area contributed by atoms with E-state index in [-0.39, 0.29) is 5.91 Å². The van der Waals surface area contributed by atoms with Gasteiger partial charge in [0.2, 0.25) is 0 Å². The van der Waals surface area contributed by atoms with Crippen LogP contribution in [0.3, 0.4) is 0 Å². The van der Waals surface area contributed by atoms with Crippen molar-refractivity contribution in [2.24, 2.45) is 0 Å². The number of hydrazine groups is 1. The van der Waals surface area contributed by atoms with Crippen molar-refractivity contribution in [1.29, 1.82) is 0 Å². The molecule has 0 fully saturated rings. The van der Waals surface area contributed by atoms with Gasteiger partial charge < -0.3 is 5.32 Å². The summed E-state index contributed by atoms with van der Waals surface area (Å²) in [5, 5.41) is 3.58. The van der Waals surface area contributed by atoms with E-state index in [0.717, 1.165) is 11.3 Å². The maximum Gasteiger partial charge on any atom is 0.280 e. The maximum absolute atomic E-state index is 12.4. The van der Waals surface area contributed by atoms with Crippen LogP contribution in [0.4, 0.5) is 5.00 Å². The predicted octanol–water partition coefficient (Wildman–Crippen LogP) is 4.04. The van der Waals surface area contributed by atoms with Gasteiger partial charge in [0, 0.05) is 5.56 Å². The maximum atomic E-state index is 12.4. The highest BCUT2D eigenvalue weighted by atomic mass is 35.5. The minimum atomic E-state index is -0.468. The molecule has 0 saturated carbocycles. The van der Waals surface area contributed by atoms with Crippen LogP contribution in [0.5, 0.6) is 0 Å². The molecule has 0 radical (unpaired) electrons. The SMILES string of the molecule is Cc1cc(NC(=O)c2ccccc2Cl)sc1C(=O)NNC(=O)c1ccccc1. The largest absolute Gasteiger partial charge is 0.313 e. The Morgan fingerprint density at radius 2 is 1.50 bits per heavy atom. The van der Waals surface area contributed by atoms with Gasteiger partial charge in [-0.2, -0.15) is 0 Å². The van der Waals surface area contributed by atoms with Gasteiger partial charge in [-0.25, -0.2) is 0 Å². The minimum absolute atomic E-state index is 0.342. The van der Waals surface area contributed by atoms with Crippen LogP contribution < -0.4 is 16.2 Å². The van der Waals surface area contributed by atoms with E-state index < -0.39 is 11.8 Å². The lowest BCUT2D eigenvalue weighted by molar-refractivity contribution is 0.0848. The summed E-state index contributed by atoms with van der Waals surface area (Å²) in [5.74, 6) is -1.25. The molecule has 3 N–H and O–H groups in total. The zero-order chi connectivity index (χ0) is 20.1. The molecule has 6 nitrogen and oxygen atoms in total. The first-order valence-corrected chi connectivity index (χ1v) is 9.47. The van der Waals surface area contributed by atoms with Crippen molar-refractivity contribution >= 4 is 45.7 Å². The zero-order valence-corrected chi connectivity index (χ0v) is 16.4. The fraction of sp³-hybridized carbons (Fsp3) is 0.0500. The average Bonchev–Trinajstić information content (AvgIpc) is 3.06. The molecule has 0 atom stereocenters. The number of amides is 3. The fourth-order valence-electron chi connectivity index (χ4n) is 2.43. The number of aryl methyl sites for hydroxylation is 1. The van der Waals surface area contributed by atoms with Gasteiger partial charge in [0.05, 0.1) is 20.5 Å². The van der Waals surface area contributed by atoms with Gasteiger partial charge in [0.15, 0.2) is 0 Å². The molecule has 0 spiro atoms. The third-order valence-corrected chi connectivity index (χ3v) is 5.29. The molecular weight excluding hydrogens is 398 g/mol. The first-order chi connectivity index (χ1) is 13.5. The van der Waals surface area contributed by atoms with Crippen LogP contribution in [0.2, 0.25) is 5.02 Å². The number of rotatable bonds is 4. The quantitative estimate of drug-likeness (QED) is 0.564. The molecule has 3 aromatic rings. The second kappa shape index (κ2) is 8.69. The Hall–Kier alpha value is -3.16. The van der Waals surface area contributed by atoms with Gasteiger partial charge in [-0.15, -0.1) is 11.3 Å². The van der Waals surface area contributed by atoms with Crippen molar-refractivity contribution in [2.45, 2.75) is 6.92 Å². The van der Waals surface area contributed by atoms with Crippen LogP contribution >= 0.6 is 22.9 Å². The molecule has 1 heterocycles. The highest BCUT2D eigenvalue weighted by molar-refractivity contribution is 7.18. The lowest BCUT2D eigenvalue weighted by Gasteiger charge is -2.06. The summed E-state index contributed by atoms with van der Waals surface area (Å²) < 4.78 is 0. The van der Waals surface area contributed by atoms with E-state index in [9.17, 15) is 14.4 Å². The Kier molecular flexibility index (Phi) is 6.08. The molecule has 142 valence electrons. The molecule has 1 aromatic heterocycles. The highest BCUT2D eigenvalue weighted by Gasteiger charge is 2.17. The smallest absolute Gasteiger partial charge is 0.280 e. The molecule has 3 rings (SSSR count). The van der Waals surface area contributed by atoms with E-state index in [2.05, 4.69) is 16.2 Å². The molecule has 28 heavy (non-hydrogen) atoms. The topological polar surface area (TPSA) is 87.3 Å². The Balaban J connectivity index is 1.65. The third kappa shape index (κ3) is 4.57. The van der Waals surface area contributed by atoms with Gasteiger partial charge in [-0.1, -0.05) is 41.9 Å². The molecule has 3 amide bonds. The number of carbonyl (C=O) groups is 3. The van der Waals surface area contributed by atoms with Gasteiger partial charge in [-0.3, -0.25) is 25.2 Å². The molecule has 0 saturated heterocycles. The molecule has 0 aliphatic heterocycles. The van der Waals surface area contributed by atoms with Crippen molar-refractivity contribution < 1.29 is 14.4 Å². The van der Waals surface area contributed by atoms with Crippen molar-refractivity contribution in [3.8, 4) is 0 Å². The number of hydrogen-bond acceptors (Lipinski definition) is 4. The van der Waals surface area contributed by atoms with E-state index in [4.69, 9.17) is 11.6 Å². The number of thiophene rings is 1. The Morgan fingerprint density at radius 1 is 0.857 bits per heavy atom. The van der Waals surface area contributed by atoms with E-state index in [1.54, 1.807) is 67.6 Å². The number of carbonyl (C=O) groups excluding carboxylic acids is 3. The summed E-state index contributed by atoms with van der Waals surface area (Å²) in [6, 6.07) is 16.9. The normalized spacial score (nSPS) is 10.2. The molecule has 0 aliphatic rings. The Bertz CT molecular complexity index is 1030. The molecule has 0 aliphatic carbocycles. The Morgan fingerprint density at radius 3 is 2.21 bits per heavy atom. The summed E-state index contributed by atoms with van der Waals surface area (Å²) in [4.78, 5) is 37.1. The zero-order valence-electron chi connectivity index (χ0n) is 14.8. The third-order valence-electron chi connectivity index (χ3n) is 3.80. The monoisotopic (exact) mass is 413 g/mol. The standard InChI is InChI=1S/C20H16ClN3O3S/c1-12-11-16(22-19(26)14-9-5-6-10-15(14)21)28-17(12)20(27)24-23-18(25)13-7-3-2-4-8-13/h2-11H,1H3,(H,22,26)(H,23,25)(H,24,27). The van der Waals surface area contributed by atoms with Crippen molar-refractivity contribution in [3.63, 3.8) is 0 Å². The second-order valence-electron chi connectivity index (χ2n) is 5.83. The summed E-state index contributed by atoms with van der Waals surface area (Å²) >= 11 is 7.14. The summed E-state index contributed by atoms with van der Waals surface area (Å²) in [7, 11) is 0. The first-order valence-electron chi connectivity index (χ1n) is 8.27. The van der Waals surface area contributed by atoms with Crippen LogP contribution in [-0.2, 0) is 0 Å². The lowest BCUT2D eigenvalue weighted by Crippen LogP contribution is -2.41. The number of halogens is 1. The number of nitrogens with one attached hydrogen (secondary N) is 3. The average molecular weight is 414 g/mol. The van der Waals surface area contributed by atoms with E-state index in [0.29, 0.717) is 31.6 Å². The predicted molar refractivity (Wildman–Crippen MR) is 110 cm³/mol. The molecule has 8 heteroatoms. The van der Waals surface area contributed by atoms with Gasteiger partial charge in [0.25, 0.3) is 17.7 Å². The Labute approximate surface area is 170 Å². The molecule has 0 unspecified atom stereocenters. The van der Waals surface area contributed by atoms with Crippen LogP contribution in [0.25, 0.3) is 0 Å². The molecular formula is C20H16ClN3O3S. The van der Waals surface area contributed by atoms with Crippen LogP contribution in [0.1, 0.15) is 36.0 Å². The van der Waals surface area contributed by atoms with Gasteiger partial charge in [0.1, 0.15) is 0 Å². The summed E-state index contributed by atoms with van der Waals surface area (Å²) in [5.41, 5.74) is 6.20. The lowest BCUT2D eigenvalue weighted by atomic mass is 10.2. The summed E-state index contributed by atoms with van der Waals surface area (Å²) in [6.45, 7) is 1.75. The van der Waals surface area contributed by atoms with E-state index >= 15 is 0 Å². The number of benzene rings is 2. The molecule has 2 aromatic carbocycles. The number of hydrogen-bond donors (Lipinski definition) is 3. The minimum Gasteiger partial charge on any atom is -0.313 e. The number of anilines is 1. The fourth-order valence-corrected chi connectivity index (χ4v) is 3.61. The van der Waals surface area contributed by atoms with Crippen molar-refractivity contribution in [1.82, 2.24) is 10.9 Å². The first kappa shape index (κ1) is 19.6. The highest BCUT2D eigenvalue weighted by Crippen LogP contribution is 2.27. The molecule has 0 bridgehead atoms. The summed E-state index contributed by atoms with van der Waals surface area (Å²) in [6.07, 6.45) is 0. The second-order valence-corrected chi connectivity index (χ2v) is 7.29.